The van der Waals surface area contributed by atoms with Crippen LogP contribution in [0.2, 0.25) is 5.02 Å². The molecule has 1 aromatic carbocycles. The number of fused-ring (bicyclic) bond motifs is 2. The maximum atomic E-state index is 12.9. The molecule has 2 saturated carbocycles. The van der Waals surface area contributed by atoms with Crippen LogP contribution in [0.15, 0.2) is 12.1 Å². The molecule has 0 radical (unpaired) electrons. The Balaban J connectivity index is 1.42. The quantitative estimate of drug-likeness (QED) is 0.839. The number of rotatable bonds is 3. The molecular weight excluding hydrogens is 338 g/mol. The molecule has 1 heterocycles. The lowest BCUT2D eigenvalue weighted by Gasteiger charge is -2.41. The van der Waals surface area contributed by atoms with Gasteiger partial charge in [0.1, 0.15) is 5.75 Å². The molecule has 0 spiro atoms. The highest BCUT2D eigenvalue weighted by Gasteiger charge is 2.43. The van der Waals surface area contributed by atoms with E-state index in [4.69, 9.17) is 22.1 Å². The van der Waals surface area contributed by atoms with Gasteiger partial charge < -0.3 is 15.4 Å². The van der Waals surface area contributed by atoms with Crippen LogP contribution in [-0.2, 0) is 0 Å². The Morgan fingerprint density at radius 3 is 2.56 bits per heavy atom. The number of anilines is 1. The van der Waals surface area contributed by atoms with Crippen LogP contribution < -0.4 is 10.5 Å². The lowest BCUT2D eigenvalue weighted by molar-refractivity contribution is 0.0493. The van der Waals surface area contributed by atoms with Gasteiger partial charge in [0.2, 0.25) is 0 Å². The molecular formula is C19H26ClN3O2. The van der Waals surface area contributed by atoms with E-state index in [1.54, 1.807) is 19.2 Å². The smallest absolute Gasteiger partial charge is 0.257 e. The fourth-order valence-corrected chi connectivity index (χ4v) is 5.15. The van der Waals surface area contributed by atoms with Crippen molar-refractivity contribution in [2.75, 3.05) is 39.0 Å². The van der Waals surface area contributed by atoms with Crippen LogP contribution in [0.3, 0.4) is 0 Å². The van der Waals surface area contributed by atoms with Gasteiger partial charge in [-0.2, -0.15) is 0 Å². The van der Waals surface area contributed by atoms with Crippen molar-refractivity contribution in [3.05, 3.63) is 22.7 Å². The molecule has 2 aliphatic carbocycles. The summed E-state index contributed by atoms with van der Waals surface area (Å²) in [5, 5.41) is 0.393. The van der Waals surface area contributed by atoms with Crippen LogP contribution in [0.1, 0.15) is 36.0 Å². The molecule has 2 N–H and O–H groups in total. The van der Waals surface area contributed by atoms with Gasteiger partial charge in [0.25, 0.3) is 5.91 Å². The summed E-state index contributed by atoms with van der Waals surface area (Å²) in [6.45, 7) is 3.45. The maximum absolute atomic E-state index is 12.9. The van der Waals surface area contributed by atoms with E-state index in [0.29, 0.717) is 22.0 Å². The van der Waals surface area contributed by atoms with Gasteiger partial charge in [-0.05, 0) is 37.2 Å². The molecule has 1 amide bonds. The van der Waals surface area contributed by atoms with Crippen molar-refractivity contribution in [2.45, 2.75) is 31.7 Å². The Hall–Kier alpha value is -1.46. The Morgan fingerprint density at radius 2 is 1.96 bits per heavy atom. The van der Waals surface area contributed by atoms with Crippen molar-refractivity contribution in [1.29, 1.82) is 0 Å². The molecule has 1 aromatic rings. The molecule has 3 atom stereocenters. The summed E-state index contributed by atoms with van der Waals surface area (Å²) in [4.78, 5) is 17.4. The number of nitrogens with two attached hydrogens (primary N) is 1. The number of ether oxygens (including phenoxy) is 1. The third-order valence-corrected chi connectivity index (χ3v) is 6.65. The minimum absolute atomic E-state index is 0.0219. The van der Waals surface area contributed by atoms with Crippen LogP contribution in [0.5, 0.6) is 5.75 Å². The van der Waals surface area contributed by atoms with E-state index in [2.05, 4.69) is 4.90 Å². The van der Waals surface area contributed by atoms with Crippen molar-refractivity contribution in [1.82, 2.24) is 9.80 Å². The Morgan fingerprint density at radius 1 is 1.20 bits per heavy atom. The standard InChI is InChI=1S/C19H26ClN3O2/c1-25-18-11-16(21)15(20)10-14(18)19(24)23-6-4-22(5-7-23)17-9-12-2-3-13(17)8-12/h10-13,17H,2-9,21H2,1H3. The molecule has 1 saturated heterocycles. The first-order chi connectivity index (χ1) is 12.1. The predicted octanol–water partition coefficient (Wildman–Crippen LogP) is 2.88. The third kappa shape index (κ3) is 3.08. The first-order valence-electron chi connectivity index (χ1n) is 9.23. The zero-order valence-electron chi connectivity index (χ0n) is 14.7. The molecule has 3 fully saturated rings. The van der Waals surface area contributed by atoms with E-state index in [9.17, 15) is 4.79 Å². The Labute approximate surface area is 154 Å². The SMILES string of the molecule is COc1cc(N)c(Cl)cc1C(=O)N1CCN(C2CC3CCC2C3)CC1. The molecule has 0 aromatic heterocycles. The fourth-order valence-electron chi connectivity index (χ4n) is 4.99. The van der Waals surface area contributed by atoms with E-state index < -0.39 is 0 Å². The molecule has 6 heteroatoms. The molecule has 136 valence electrons. The van der Waals surface area contributed by atoms with Gasteiger partial charge in [0.05, 0.1) is 23.4 Å². The van der Waals surface area contributed by atoms with Gasteiger partial charge in [-0.25, -0.2) is 0 Å². The number of benzene rings is 1. The third-order valence-electron chi connectivity index (χ3n) is 6.32. The van der Waals surface area contributed by atoms with Crippen LogP contribution in [0.4, 0.5) is 5.69 Å². The minimum Gasteiger partial charge on any atom is -0.496 e. The number of nitrogens with zero attached hydrogens (tertiary/aromatic N) is 2. The van der Waals surface area contributed by atoms with Crippen LogP contribution >= 0.6 is 11.6 Å². The zero-order valence-corrected chi connectivity index (χ0v) is 15.5. The number of carbonyl (C=O) groups is 1. The van der Waals surface area contributed by atoms with Crippen molar-refractivity contribution >= 4 is 23.2 Å². The van der Waals surface area contributed by atoms with Gasteiger partial charge in [0.15, 0.2) is 0 Å². The molecule has 3 aliphatic rings. The van der Waals surface area contributed by atoms with E-state index >= 15 is 0 Å². The second kappa shape index (κ2) is 6.69. The first kappa shape index (κ1) is 17.0. The fraction of sp³-hybridized carbons (Fsp3) is 0.632. The van der Waals surface area contributed by atoms with Crippen molar-refractivity contribution < 1.29 is 9.53 Å². The number of nitrogen functional groups attached to an aromatic ring is 1. The van der Waals surface area contributed by atoms with Crippen molar-refractivity contribution in [3.63, 3.8) is 0 Å². The Bertz CT molecular complexity index is 673. The van der Waals surface area contributed by atoms with Crippen LogP contribution in [0, 0.1) is 11.8 Å². The molecule has 3 unspecified atom stereocenters. The summed E-state index contributed by atoms with van der Waals surface area (Å²) >= 11 is 6.11. The number of hydrogen-bond donors (Lipinski definition) is 1. The van der Waals surface area contributed by atoms with E-state index in [1.807, 2.05) is 4.90 Å². The van der Waals surface area contributed by atoms with E-state index in [0.717, 1.165) is 44.1 Å². The summed E-state index contributed by atoms with van der Waals surface area (Å²) in [5.74, 6) is 2.31. The van der Waals surface area contributed by atoms with Crippen LogP contribution in [0.25, 0.3) is 0 Å². The largest absolute Gasteiger partial charge is 0.496 e. The zero-order chi connectivity index (χ0) is 17.6. The second-order valence-electron chi connectivity index (χ2n) is 7.64. The van der Waals surface area contributed by atoms with Gasteiger partial charge in [-0.15, -0.1) is 0 Å². The summed E-state index contributed by atoms with van der Waals surface area (Å²) in [5.41, 5.74) is 6.74. The number of halogens is 1. The number of methoxy groups -OCH3 is 1. The molecule has 4 rings (SSSR count). The number of piperazine rings is 1. The Kier molecular flexibility index (Phi) is 4.54. The second-order valence-corrected chi connectivity index (χ2v) is 8.05. The lowest BCUT2D eigenvalue weighted by Crippen LogP contribution is -2.53. The number of amides is 1. The highest BCUT2D eigenvalue weighted by molar-refractivity contribution is 6.33. The highest BCUT2D eigenvalue weighted by atomic mass is 35.5. The lowest BCUT2D eigenvalue weighted by atomic mass is 9.93. The predicted molar refractivity (Wildman–Crippen MR) is 99.1 cm³/mol. The average Bonchev–Trinajstić information content (AvgIpc) is 3.26. The van der Waals surface area contributed by atoms with Gasteiger partial charge >= 0.3 is 0 Å². The average molecular weight is 364 g/mol. The van der Waals surface area contributed by atoms with Gasteiger partial charge in [-0.3, -0.25) is 9.69 Å². The molecule has 2 bridgehead atoms. The topological polar surface area (TPSA) is 58.8 Å². The maximum Gasteiger partial charge on any atom is 0.257 e. The van der Waals surface area contributed by atoms with Crippen LogP contribution in [-0.4, -0.2) is 55.0 Å². The monoisotopic (exact) mass is 363 g/mol. The summed E-state index contributed by atoms with van der Waals surface area (Å²) in [7, 11) is 1.55. The number of carbonyl (C=O) groups excluding carboxylic acids is 1. The molecule has 1 aliphatic heterocycles. The van der Waals surface area contributed by atoms with E-state index in [1.165, 1.54) is 25.7 Å². The number of hydrogen-bond acceptors (Lipinski definition) is 4. The van der Waals surface area contributed by atoms with Gasteiger partial charge in [0, 0.05) is 38.3 Å². The van der Waals surface area contributed by atoms with Gasteiger partial charge in [-0.1, -0.05) is 18.0 Å². The normalized spacial score (nSPS) is 29.2. The summed E-state index contributed by atoms with van der Waals surface area (Å²) in [6, 6.07) is 4.00. The van der Waals surface area contributed by atoms with E-state index in [-0.39, 0.29) is 5.91 Å². The highest BCUT2D eigenvalue weighted by Crippen LogP contribution is 2.46. The first-order valence-corrected chi connectivity index (χ1v) is 9.61. The van der Waals surface area contributed by atoms with Crippen molar-refractivity contribution in [3.8, 4) is 5.75 Å². The minimum atomic E-state index is -0.0219. The molecule has 25 heavy (non-hydrogen) atoms. The van der Waals surface area contributed by atoms with Crippen molar-refractivity contribution in [2.24, 2.45) is 11.8 Å². The molecule has 5 nitrogen and oxygen atoms in total. The summed E-state index contributed by atoms with van der Waals surface area (Å²) in [6.07, 6.45) is 5.61. The summed E-state index contributed by atoms with van der Waals surface area (Å²) < 4.78 is 5.33.